The molecule has 1 aliphatic heterocycles. The summed E-state index contributed by atoms with van der Waals surface area (Å²) in [4.78, 5) is 2.60. The lowest BCUT2D eigenvalue weighted by atomic mass is 9.95. The van der Waals surface area contributed by atoms with Crippen LogP contribution >= 0.6 is 0 Å². The molecule has 10 heavy (non-hydrogen) atoms. The minimum atomic E-state index is 0.863. The minimum Gasteiger partial charge on any atom is -0.298 e. The van der Waals surface area contributed by atoms with Crippen molar-refractivity contribution in [3.63, 3.8) is 0 Å². The van der Waals surface area contributed by atoms with Crippen molar-refractivity contribution in [3.05, 3.63) is 0 Å². The van der Waals surface area contributed by atoms with E-state index in [2.05, 4.69) is 25.7 Å². The fourth-order valence-corrected chi connectivity index (χ4v) is 1.84. The van der Waals surface area contributed by atoms with Gasteiger partial charge in [-0.2, -0.15) is 0 Å². The summed E-state index contributed by atoms with van der Waals surface area (Å²) in [5.41, 5.74) is 0. The quantitative estimate of drug-likeness (QED) is 0.583. The summed E-state index contributed by atoms with van der Waals surface area (Å²) in [6.07, 6.45) is 4.11. The van der Waals surface area contributed by atoms with Crippen molar-refractivity contribution < 1.29 is 0 Å². The molecule has 0 N–H and O–H groups in total. The highest BCUT2D eigenvalue weighted by atomic mass is 15.2. The van der Waals surface area contributed by atoms with Gasteiger partial charge in [-0.05, 0) is 33.2 Å². The highest BCUT2D eigenvalue weighted by Crippen LogP contribution is 2.24. The Kier molecular flexibility index (Phi) is 2.72. The molecular weight excluding hydrogens is 122 g/mol. The molecule has 0 aromatic heterocycles. The maximum atomic E-state index is 2.60. The molecule has 0 radical (unpaired) electrons. The fraction of sp³-hybridized carbons (Fsp3) is 1.00. The van der Waals surface area contributed by atoms with Crippen LogP contribution in [0, 0.1) is 0 Å². The summed E-state index contributed by atoms with van der Waals surface area (Å²) in [5.74, 6) is 0. The molecule has 0 aliphatic carbocycles. The number of likely N-dealkylation sites (tertiary alicyclic amines) is 1. The molecule has 0 saturated carbocycles. The average molecular weight is 141 g/mol. The van der Waals surface area contributed by atoms with Gasteiger partial charge in [-0.3, -0.25) is 4.90 Å². The van der Waals surface area contributed by atoms with Crippen LogP contribution in [0.15, 0.2) is 0 Å². The first kappa shape index (κ1) is 8.06. The topological polar surface area (TPSA) is 3.24 Å². The Bertz CT molecular complexity index is 92.9. The SMILES string of the molecule is CCCCN1C(C)CC1C. The summed E-state index contributed by atoms with van der Waals surface area (Å²) in [6.45, 7) is 8.24. The second-order valence-electron chi connectivity index (χ2n) is 3.53. The maximum absolute atomic E-state index is 2.60. The molecule has 1 aliphatic rings. The summed E-state index contributed by atoms with van der Waals surface area (Å²) in [6, 6.07) is 1.73. The maximum Gasteiger partial charge on any atom is 0.00845 e. The van der Waals surface area contributed by atoms with E-state index in [-0.39, 0.29) is 0 Å². The molecule has 1 saturated heterocycles. The molecular formula is C9H19N. The van der Waals surface area contributed by atoms with Crippen molar-refractivity contribution in [2.45, 2.75) is 52.1 Å². The molecule has 0 aromatic rings. The summed E-state index contributed by atoms with van der Waals surface area (Å²) >= 11 is 0. The molecule has 0 aromatic carbocycles. The van der Waals surface area contributed by atoms with Gasteiger partial charge in [0.2, 0.25) is 0 Å². The van der Waals surface area contributed by atoms with E-state index in [1.54, 1.807) is 0 Å². The largest absolute Gasteiger partial charge is 0.298 e. The van der Waals surface area contributed by atoms with Crippen molar-refractivity contribution in [3.8, 4) is 0 Å². The van der Waals surface area contributed by atoms with Crippen LogP contribution in [0.25, 0.3) is 0 Å². The number of nitrogens with zero attached hydrogens (tertiary/aromatic N) is 1. The first-order chi connectivity index (χ1) is 4.75. The van der Waals surface area contributed by atoms with Crippen molar-refractivity contribution in [1.29, 1.82) is 0 Å². The number of hydrogen-bond donors (Lipinski definition) is 0. The Morgan fingerprint density at radius 1 is 1.30 bits per heavy atom. The third kappa shape index (κ3) is 1.51. The van der Waals surface area contributed by atoms with E-state index in [9.17, 15) is 0 Å². The van der Waals surface area contributed by atoms with E-state index in [1.807, 2.05) is 0 Å². The van der Waals surface area contributed by atoms with Crippen LogP contribution in [0.3, 0.4) is 0 Å². The van der Waals surface area contributed by atoms with Crippen LogP contribution in [0.2, 0.25) is 0 Å². The van der Waals surface area contributed by atoms with Gasteiger partial charge in [-0.15, -0.1) is 0 Å². The lowest BCUT2D eigenvalue weighted by molar-refractivity contribution is 0.0369. The molecule has 1 fully saturated rings. The van der Waals surface area contributed by atoms with E-state index in [0.717, 1.165) is 12.1 Å². The summed E-state index contributed by atoms with van der Waals surface area (Å²) in [5, 5.41) is 0. The highest BCUT2D eigenvalue weighted by Gasteiger charge is 2.30. The third-order valence-electron chi connectivity index (χ3n) is 2.58. The second kappa shape index (κ2) is 3.38. The predicted octanol–water partition coefficient (Wildman–Crippen LogP) is 2.27. The van der Waals surface area contributed by atoms with Crippen molar-refractivity contribution in [1.82, 2.24) is 4.90 Å². The van der Waals surface area contributed by atoms with Gasteiger partial charge in [0.15, 0.2) is 0 Å². The van der Waals surface area contributed by atoms with E-state index in [0.29, 0.717) is 0 Å². The zero-order valence-electron chi connectivity index (χ0n) is 7.43. The lowest BCUT2D eigenvalue weighted by Gasteiger charge is -2.45. The lowest BCUT2D eigenvalue weighted by Crippen LogP contribution is -2.52. The average Bonchev–Trinajstić information content (AvgIpc) is 1.89. The van der Waals surface area contributed by atoms with Crippen LogP contribution < -0.4 is 0 Å². The van der Waals surface area contributed by atoms with Gasteiger partial charge in [0.05, 0.1) is 0 Å². The normalized spacial score (nSPS) is 33.9. The minimum absolute atomic E-state index is 0.863. The standard InChI is InChI=1S/C9H19N/c1-4-5-6-10-8(2)7-9(10)3/h8-9H,4-7H2,1-3H3. The highest BCUT2D eigenvalue weighted by molar-refractivity contribution is 4.86. The predicted molar refractivity (Wildman–Crippen MR) is 45.2 cm³/mol. The number of rotatable bonds is 3. The van der Waals surface area contributed by atoms with Crippen LogP contribution in [0.5, 0.6) is 0 Å². The molecule has 0 amide bonds. The van der Waals surface area contributed by atoms with Crippen LogP contribution in [0.1, 0.15) is 40.0 Å². The smallest absolute Gasteiger partial charge is 0.00845 e. The van der Waals surface area contributed by atoms with Crippen LogP contribution in [-0.4, -0.2) is 23.5 Å². The number of hydrogen-bond acceptors (Lipinski definition) is 1. The summed E-state index contributed by atoms with van der Waals surface area (Å²) in [7, 11) is 0. The molecule has 1 rings (SSSR count). The Hall–Kier alpha value is -0.0400. The first-order valence-electron chi connectivity index (χ1n) is 4.51. The van der Waals surface area contributed by atoms with E-state index in [4.69, 9.17) is 0 Å². The van der Waals surface area contributed by atoms with Gasteiger partial charge in [0.1, 0.15) is 0 Å². The van der Waals surface area contributed by atoms with E-state index >= 15 is 0 Å². The monoisotopic (exact) mass is 141 g/mol. The molecule has 0 bridgehead atoms. The van der Waals surface area contributed by atoms with Gasteiger partial charge in [-0.1, -0.05) is 13.3 Å². The molecule has 1 heteroatoms. The zero-order chi connectivity index (χ0) is 7.56. The van der Waals surface area contributed by atoms with Gasteiger partial charge in [0.25, 0.3) is 0 Å². The van der Waals surface area contributed by atoms with Gasteiger partial charge in [-0.25, -0.2) is 0 Å². The Labute approximate surface area is 64.4 Å². The van der Waals surface area contributed by atoms with Crippen LogP contribution in [-0.2, 0) is 0 Å². The number of unbranched alkanes of at least 4 members (excludes halogenated alkanes) is 1. The molecule has 2 unspecified atom stereocenters. The fourth-order valence-electron chi connectivity index (χ4n) is 1.84. The Morgan fingerprint density at radius 2 is 1.90 bits per heavy atom. The zero-order valence-corrected chi connectivity index (χ0v) is 7.43. The molecule has 0 spiro atoms. The van der Waals surface area contributed by atoms with Gasteiger partial charge in [0, 0.05) is 12.1 Å². The van der Waals surface area contributed by atoms with Crippen LogP contribution in [0.4, 0.5) is 0 Å². The van der Waals surface area contributed by atoms with Gasteiger partial charge >= 0.3 is 0 Å². The summed E-state index contributed by atoms with van der Waals surface area (Å²) < 4.78 is 0. The third-order valence-corrected chi connectivity index (χ3v) is 2.58. The Morgan fingerprint density at radius 3 is 2.30 bits per heavy atom. The van der Waals surface area contributed by atoms with Crippen molar-refractivity contribution >= 4 is 0 Å². The Balaban J connectivity index is 2.14. The molecule has 1 nitrogen and oxygen atoms in total. The van der Waals surface area contributed by atoms with Crippen molar-refractivity contribution in [2.24, 2.45) is 0 Å². The molecule has 60 valence electrons. The van der Waals surface area contributed by atoms with E-state index in [1.165, 1.54) is 25.8 Å². The second-order valence-corrected chi connectivity index (χ2v) is 3.53. The van der Waals surface area contributed by atoms with E-state index < -0.39 is 0 Å². The van der Waals surface area contributed by atoms with Crippen molar-refractivity contribution in [2.75, 3.05) is 6.54 Å². The van der Waals surface area contributed by atoms with Gasteiger partial charge < -0.3 is 0 Å². The molecule has 2 atom stereocenters. The molecule has 1 heterocycles. The first-order valence-corrected chi connectivity index (χ1v) is 4.51.